The van der Waals surface area contributed by atoms with Gasteiger partial charge in [0.15, 0.2) is 11.5 Å². The van der Waals surface area contributed by atoms with Crippen molar-refractivity contribution in [2.75, 3.05) is 6.61 Å². The van der Waals surface area contributed by atoms with Crippen LogP contribution in [0, 0.1) is 11.8 Å². The van der Waals surface area contributed by atoms with Crippen LogP contribution in [0.2, 0.25) is 0 Å². The molecule has 2 heterocycles. The van der Waals surface area contributed by atoms with Crippen molar-refractivity contribution in [2.24, 2.45) is 11.8 Å². The third kappa shape index (κ3) is 3.88. The van der Waals surface area contributed by atoms with Crippen molar-refractivity contribution in [3.05, 3.63) is 10.8 Å². The van der Waals surface area contributed by atoms with Crippen molar-refractivity contribution in [1.82, 2.24) is 0 Å². The van der Waals surface area contributed by atoms with E-state index in [9.17, 15) is 0 Å². The molecule has 2 nitrogen and oxygen atoms in total. The molecule has 0 fully saturated rings. The minimum Gasteiger partial charge on any atom is -0.485 e. The topological polar surface area (TPSA) is 18.5 Å². The maximum absolute atomic E-state index is 6.14. The van der Waals surface area contributed by atoms with Crippen LogP contribution in [0.4, 0.5) is 0 Å². The number of unbranched alkanes of at least 4 members (excludes halogenated alkanes) is 3. The number of hydrogen-bond donors (Lipinski definition) is 0. The molecule has 0 radical (unpaired) electrons. The first-order valence-corrected chi connectivity index (χ1v) is 8.52. The second-order valence-electron chi connectivity index (χ2n) is 5.82. The summed E-state index contributed by atoms with van der Waals surface area (Å²) in [5.74, 6) is 3.12. The van der Waals surface area contributed by atoms with Crippen LogP contribution in [0.25, 0.3) is 0 Å². The van der Waals surface area contributed by atoms with Gasteiger partial charge in [0, 0.05) is 16.7 Å². The van der Waals surface area contributed by atoms with Crippen molar-refractivity contribution in [2.45, 2.75) is 59.0 Å². The molecule has 108 valence electrons. The molecule has 0 bridgehead atoms. The maximum atomic E-state index is 6.14. The molecule has 1 aromatic heterocycles. The predicted molar refractivity (Wildman–Crippen MR) is 81.3 cm³/mol. The average Bonchev–Trinajstić information content (AvgIpc) is 2.85. The van der Waals surface area contributed by atoms with E-state index in [2.05, 4.69) is 26.2 Å². The van der Waals surface area contributed by atoms with E-state index in [1.54, 1.807) is 11.3 Å². The molecule has 1 aliphatic heterocycles. The molecular formula is C16H26O2S. The fraction of sp³-hybridized carbons (Fsp3) is 0.750. The summed E-state index contributed by atoms with van der Waals surface area (Å²) in [4.78, 5) is 0. The zero-order valence-corrected chi connectivity index (χ0v) is 13.2. The van der Waals surface area contributed by atoms with Gasteiger partial charge in [-0.15, -0.1) is 11.3 Å². The summed E-state index contributed by atoms with van der Waals surface area (Å²) in [5.41, 5.74) is 0. The fourth-order valence-corrected chi connectivity index (χ4v) is 3.47. The van der Waals surface area contributed by atoms with Gasteiger partial charge in [-0.05, 0) is 12.3 Å². The van der Waals surface area contributed by atoms with Crippen LogP contribution in [0.15, 0.2) is 10.8 Å². The van der Waals surface area contributed by atoms with E-state index in [0.29, 0.717) is 18.4 Å². The molecule has 0 aromatic carbocycles. The molecule has 0 spiro atoms. The van der Waals surface area contributed by atoms with Gasteiger partial charge in [0.05, 0.1) is 0 Å². The van der Waals surface area contributed by atoms with Gasteiger partial charge >= 0.3 is 0 Å². The molecule has 0 N–H and O–H groups in total. The first kappa shape index (κ1) is 14.7. The number of ether oxygens (including phenoxy) is 2. The van der Waals surface area contributed by atoms with Crippen molar-refractivity contribution in [3.63, 3.8) is 0 Å². The van der Waals surface area contributed by atoms with Gasteiger partial charge in [-0.1, -0.05) is 46.5 Å². The lowest BCUT2D eigenvalue weighted by molar-refractivity contribution is 0.0275. The van der Waals surface area contributed by atoms with Gasteiger partial charge in [0.1, 0.15) is 12.7 Å². The Balaban J connectivity index is 1.89. The van der Waals surface area contributed by atoms with Gasteiger partial charge in [0.2, 0.25) is 0 Å². The molecule has 0 aliphatic carbocycles. The Kier molecular flexibility index (Phi) is 5.56. The van der Waals surface area contributed by atoms with Gasteiger partial charge < -0.3 is 9.47 Å². The Bertz CT molecular complexity index is 373. The quantitative estimate of drug-likeness (QED) is 0.645. The Morgan fingerprint density at radius 2 is 2.00 bits per heavy atom. The lowest BCUT2D eigenvalue weighted by Crippen LogP contribution is -2.38. The van der Waals surface area contributed by atoms with E-state index in [0.717, 1.165) is 11.5 Å². The van der Waals surface area contributed by atoms with Gasteiger partial charge in [0.25, 0.3) is 0 Å². The first-order valence-electron chi connectivity index (χ1n) is 7.58. The fourth-order valence-electron chi connectivity index (χ4n) is 2.80. The molecule has 3 heteroatoms. The minimum atomic E-state index is 0.226. The zero-order chi connectivity index (χ0) is 13.7. The van der Waals surface area contributed by atoms with E-state index in [-0.39, 0.29) is 6.10 Å². The lowest BCUT2D eigenvalue weighted by Gasteiger charge is -2.33. The number of rotatable bonds is 7. The molecule has 0 saturated carbocycles. The molecular weight excluding hydrogens is 256 g/mol. The second kappa shape index (κ2) is 7.18. The van der Waals surface area contributed by atoms with Crippen molar-refractivity contribution < 1.29 is 9.47 Å². The number of thiophene rings is 1. The van der Waals surface area contributed by atoms with Crippen molar-refractivity contribution in [1.29, 1.82) is 0 Å². The summed E-state index contributed by atoms with van der Waals surface area (Å²) < 4.78 is 12.0. The highest BCUT2D eigenvalue weighted by molar-refractivity contribution is 7.08. The summed E-state index contributed by atoms with van der Waals surface area (Å²) in [6, 6.07) is 0. The van der Waals surface area contributed by atoms with Crippen LogP contribution in [-0.2, 0) is 0 Å². The largest absolute Gasteiger partial charge is 0.485 e. The molecule has 19 heavy (non-hydrogen) atoms. The van der Waals surface area contributed by atoms with Crippen LogP contribution in [0.5, 0.6) is 11.5 Å². The van der Waals surface area contributed by atoms with Crippen LogP contribution in [0.1, 0.15) is 52.9 Å². The Labute approximate surface area is 121 Å². The summed E-state index contributed by atoms with van der Waals surface area (Å²) in [7, 11) is 0. The molecule has 2 unspecified atom stereocenters. The highest BCUT2D eigenvalue weighted by Crippen LogP contribution is 2.38. The molecule has 2 rings (SSSR count). The van der Waals surface area contributed by atoms with Crippen LogP contribution in [-0.4, -0.2) is 12.7 Å². The zero-order valence-electron chi connectivity index (χ0n) is 12.4. The summed E-state index contributed by atoms with van der Waals surface area (Å²) in [6.07, 6.45) is 6.79. The van der Waals surface area contributed by atoms with Gasteiger partial charge in [-0.3, -0.25) is 0 Å². The van der Waals surface area contributed by atoms with E-state index >= 15 is 0 Å². The standard InChI is InChI=1S/C16H26O2S/c1-4-5-6-7-8-13(12(2)3)14-9-17-15-10-19-11-16(15)18-14/h10-14H,4-9H2,1-3H3. The molecule has 0 saturated heterocycles. The molecule has 1 aliphatic rings. The van der Waals surface area contributed by atoms with Crippen LogP contribution >= 0.6 is 11.3 Å². The maximum Gasteiger partial charge on any atom is 0.172 e. The Morgan fingerprint density at radius 1 is 1.21 bits per heavy atom. The van der Waals surface area contributed by atoms with E-state index in [1.807, 2.05) is 5.38 Å². The van der Waals surface area contributed by atoms with E-state index in [1.165, 1.54) is 32.1 Å². The monoisotopic (exact) mass is 282 g/mol. The van der Waals surface area contributed by atoms with Crippen LogP contribution in [0.3, 0.4) is 0 Å². The SMILES string of the molecule is CCCCCCC(C(C)C)C1COc2cscc2O1. The van der Waals surface area contributed by atoms with Crippen molar-refractivity contribution >= 4 is 11.3 Å². The predicted octanol–water partition coefficient (Wildman–Crippen LogP) is 5.13. The third-order valence-corrected chi connectivity index (χ3v) is 4.70. The molecule has 2 atom stereocenters. The number of hydrogen-bond acceptors (Lipinski definition) is 3. The third-order valence-electron chi connectivity index (χ3n) is 4.00. The lowest BCUT2D eigenvalue weighted by atomic mass is 9.85. The Morgan fingerprint density at radius 3 is 2.74 bits per heavy atom. The summed E-state index contributed by atoms with van der Waals surface area (Å²) in [6.45, 7) is 7.57. The smallest absolute Gasteiger partial charge is 0.172 e. The van der Waals surface area contributed by atoms with Crippen molar-refractivity contribution in [3.8, 4) is 11.5 Å². The highest BCUT2D eigenvalue weighted by atomic mass is 32.1. The first-order chi connectivity index (χ1) is 9.22. The number of fused-ring (bicyclic) bond motifs is 1. The Hall–Kier alpha value is -0.700. The van der Waals surface area contributed by atoms with Gasteiger partial charge in [-0.25, -0.2) is 0 Å². The van der Waals surface area contributed by atoms with Gasteiger partial charge in [-0.2, -0.15) is 0 Å². The molecule has 0 amide bonds. The molecule has 1 aromatic rings. The second-order valence-corrected chi connectivity index (χ2v) is 6.57. The minimum absolute atomic E-state index is 0.226. The van der Waals surface area contributed by atoms with Crippen LogP contribution < -0.4 is 9.47 Å². The summed E-state index contributed by atoms with van der Waals surface area (Å²) in [5, 5.41) is 4.08. The van der Waals surface area contributed by atoms with E-state index < -0.39 is 0 Å². The average molecular weight is 282 g/mol. The van der Waals surface area contributed by atoms with E-state index in [4.69, 9.17) is 9.47 Å². The highest BCUT2D eigenvalue weighted by Gasteiger charge is 2.30. The normalized spacial score (nSPS) is 19.7. The summed E-state index contributed by atoms with van der Waals surface area (Å²) >= 11 is 1.65.